The van der Waals surface area contributed by atoms with E-state index in [4.69, 9.17) is 16.3 Å². The van der Waals surface area contributed by atoms with Crippen LogP contribution in [0.3, 0.4) is 0 Å². The van der Waals surface area contributed by atoms with E-state index in [1.54, 1.807) is 24.3 Å². The number of aromatic amines is 1. The van der Waals surface area contributed by atoms with Crippen LogP contribution < -0.4 is 10.6 Å². The third-order valence-corrected chi connectivity index (χ3v) is 7.19. The first-order valence-electron chi connectivity index (χ1n) is 10.6. The second-order valence-corrected chi connectivity index (χ2v) is 9.86. The molecule has 0 unspecified atom stereocenters. The molecule has 3 N–H and O–H groups in total. The van der Waals surface area contributed by atoms with E-state index in [1.165, 1.54) is 11.3 Å². The zero-order valence-corrected chi connectivity index (χ0v) is 19.4. The van der Waals surface area contributed by atoms with Gasteiger partial charge in [-0.3, -0.25) is 14.4 Å². The molecular formula is C22H22ClN5O4S. The van der Waals surface area contributed by atoms with Crippen LogP contribution in [-0.2, 0) is 22.5 Å². The van der Waals surface area contributed by atoms with Crippen LogP contribution >= 0.6 is 22.9 Å². The summed E-state index contributed by atoms with van der Waals surface area (Å²) in [5.41, 5.74) is 2.07. The van der Waals surface area contributed by atoms with Gasteiger partial charge < -0.3 is 25.3 Å². The number of nitrogens with zero attached hydrogens (tertiary/aromatic N) is 2. The number of carbonyl (C=O) groups is 3. The molecule has 1 aromatic carbocycles. The highest BCUT2D eigenvalue weighted by atomic mass is 35.5. The summed E-state index contributed by atoms with van der Waals surface area (Å²) in [5.74, 6) is -1.14. The number of fused-ring (bicyclic) bond motifs is 2. The molecule has 4 heterocycles. The molecule has 0 bridgehead atoms. The molecule has 33 heavy (non-hydrogen) atoms. The van der Waals surface area contributed by atoms with Crippen molar-refractivity contribution < 1.29 is 19.1 Å². The third kappa shape index (κ3) is 4.59. The smallest absolute Gasteiger partial charge is 0.308 e. The number of cyclic esters (lactones) is 1. The van der Waals surface area contributed by atoms with Crippen LogP contribution in [-0.4, -0.2) is 64.9 Å². The number of thiazole rings is 1. The van der Waals surface area contributed by atoms with Crippen molar-refractivity contribution in [1.29, 1.82) is 0 Å². The Bertz CT molecular complexity index is 1250. The molecule has 3 aromatic rings. The summed E-state index contributed by atoms with van der Waals surface area (Å²) in [6.45, 7) is 1.66. The highest BCUT2D eigenvalue weighted by molar-refractivity contribution is 7.13. The van der Waals surface area contributed by atoms with E-state index < -0.39 is 18.1 Å². The van der Waals surface area contributed by atoms with Crippen LogP contribution in [0.25, 0.3) is 10.9 Å². The van der Waals surface area contributed by atoms with Gasteiger partial charge in [0, 0.05) is 40.3 Å². The normalized spacial score (nSPS) is 20.8. The molecule has 0 saturated carbocycles. The fraction of sp³-hybridized carbons (Fsp3) is 0.364. The topological polar surface area (TPSA) is 116 Å². The Balaban J connectivity index is 1.30. The maximum Gasteiger partial charge on any atom is 0.308 e. The largest absolute Gasteiger partial charge is 0.463 e. The molecule has 2 atom stereocenters. The Morgan fingerprint density at radius 1 is 1.24 bits per heavy atom. The second kappa shape index (κ2) is 8.77. The number of amides is 2. The quantitative estimate of drug-likeness (QED) is 0.485. The Labute approximate surface area is 198 Å². The van der Waals surface area contributed by atoms with E-state index in [2.05, 4.69) is 25.5 Å². The number of carbonyl (C=O) groups excluding carboxylic acids is 3. The van der Waals surface area contributed by atoms with Crippen LogP contribution in [0.1, 0.15) is 37.3 Å². The number of hydrogen-bond acceptors (Lipinski definition) is 7. The average molecular weight is 488 g/mol. The molecular weight excluding hydrogens is 466 g/mol. The van der Waals surface area contributed by atoms with Gasteiger partial charge in [-0.25, -0.2) is 4.98 Å². The van der Waals surface area contributed by atoms with Gasteiger partial charge in [0.25, 0.3) is 11.8 Å². The minimum absolute atomic E-state index is 0.0222. The lowest BCUT2D eigenvalue weighted by molar-refractivity contribution is -0.149. The van der Waals surface area contributed by atoms with E-state index in [-0.39, 0.29) is 24.8 Å². The Hall–Kier alpha value is -2.95. The van der Waals surface area contributed by atoms with Crippen LogP contribution in [0.5, 0.6) is 0 Å². The van der Waals surface area contributed by atoms with E-state index in [0.29, 0.717) is 15.7 Å². The van der Waals surface area contributed by atoms with Crippen molar-refractivity contribution in [3.8, 4) is 0 Å². The average Bonchev–Trinajstić information content (AvgIpc) is 3.39. The predicted molar refractivity (Wildman–Crippen MR) is 124 cm³/mol. The van der Waals surface area contributed by atoms with Gasteiger partial charge in [-0.2, -0.15) is 0 Å². The highest BCUT2D eigenvalue weighted by Crippen LogP contribution is 2.25. The van der Waals surface area contributed by atoms with Gasteiger partial charge in [0.1, 0.15) is 12.3 Å². The number of nitrogens with one attached hydrogen (secondary N) is 3. The van der Waals surface area contributed by atoms with Crippen molar-refractivity contribution in [1.82, 2.24) is 25.5 Å². The Morgan fingerprint density at radius 3 is 2.91 bits per heavy atom. The van der Waals surface area contributed by atoms with Gasteiger partial charge in [-0.05, 0) is 31.3 Å². The van der Waals surface area contributed by atoms with Gasteiger partial charge >= 0.3 is 5.97 Å². The SMILES string of the molecule is CN1CCc2nc(C(=O)N[C@H]3COC(=O)C[C@H]3NC(=O)c3cc4cc(Cl)ccc4[nH]3)sc2C1. The highest BCUT2D eigenvalue weighted by Gasteiger charge is 2.34. The molecule has 2 aromatic heterocycles. The summed E-state index contributed by atoms with van der Waals surface area (Å²) in [5, 5.41) is 7.51. The number of likely N-dealkylation sites (N-methyl/N-ethyl adjacent to an activating group) is 1. The molecule has 172 valence electrons. The third-order valence-electron chi connectivity index (χ3n) is 5.87. The van der Waals surface area contributed by atoms with Crippen molar-refractivity contribution >= 4 is 51.6 Å². The number of hydrogen-bond donors (Lipinski definition) is 3. The summed E-state index contributed by atoms with van der Waals surface area (Å²) >= 11 is 7.40. The lowest BCUT2D eigenvalue weighted by Gasteiger charge is -2.31. The fourth-order valence-electron chi connectivity index (χ4n) is 4.10. The van der Waals surface area contributed by atoms with Crippen molar-refractivity contribution in [3.63, 3.8) is 0 Å². The number of ether oxygens (including phenoxy) is 1. The molecule has 11 heteroatoms. The minimum Gasteiger partial charge on any atom is -0.463 e. The predicted octanol–water partition coefficient (Wildman–Crippen LogP) is 2.11. The van der Waals surface area contributed by atoms with Crippen LogP contribution in [0.15, 0.2) is 24.3 Å². The first-order valence-corrected chi connectivity index (χ1v) is 11.8. The molecule has 9 nitrogen and oxygen atoms in total. The summed E-state index contributed by atoms with van der Waals surface area (Å²) in [4.78, 5) is 48.5. The van der Waals surface area contributed by atoms with Gasteiger partial charge in [0.15, 0.2) is 5.01 Å². The molecule has 1 saturated heterocycles. The first kappa shape index (κ1) is 21.9. The first-order chi connectivity index (χ1) is 15.9. The number of benzene rings is 1. The van der Waals surface area contributed by atoms with E-state index in [1.807, 2.05) is 7.05 Å². The monoisotopic (exact) mass is 487 g/mol. The number of H-pyrrole nitrogens is 1. The molecule has 1 fully saturated rings. The van der Waals surface area contributed by atoms with E-state index in [9.17, 15) is 14.4 Å². The zero-order chi connectivity index (χ0) is 23.1. The van der Waals surface area contributed by atoms with Crippen molar-refractivity contribution in [2.75, 3.05) is 20.2 Å². The summed E-state index contributed by atoms with van der Waals surface area (Å²) < 4.78 is 5.15. The van der Waals surface area contributed by atoms with E-state index >= 15 is 0 Å². The van der Waals surface area contributed by atoms with Crippen LogP contribution in [0, 0.1) is 0 Å². The molecule has 2 aliphatic rings. The van der Waals surface area contributed by atoms with Gasteiger partial charge in [0.05, 0.1) is 24.2 Å². The summed E-state index contributed by atoms with van der Waals surface area (Å²) in [7, 11) is 2.04. The Morgan fingerprint density at radius 2 is 2.06 bits per heavy atom. The number of esters is 1. The van der Waals surface area contributed by atoms with E-state index in [0.717, 1.165) is 41.0 Å². The minimum atomic E-state index is -0.613. The Kier molecular flexibility index (Phi) is 5.81. The molecule has 0 aliphatic carbocycles. The molecule has 2 amide bonds. The van der Waals surface area contributed by atoms with Crippen LogP contribution in [0.2, 0.25) is 5.02 Å². The summed E-state index contributed by atoms with van der Waals surface area (Å²) in [6.07, 6.45) is 0.771. The molecule has 0 spiro atoms. The maximum absolute atomic E-state index is 12.9. The molecule has 5 rings (SSSR count). The number of aromatic nitrogens is 2. The number of halogens is 1. The molecule has 2 aliphatic heterocycles. The van der Waals surface area contributed by atoms with Gasteiger partial charge in [-0.15, -0.1) is 11.3 Å². The van der Waals surface area contributed by atoms with Crippen molar-refractivity contribution in [3.05, 3.63) is 50.6 Å². The van der Waals surface area contributed by atoms with Gasteiger partial charge in [0.2, 0.25) is 0 Å². The van der Waals surface area contributed by atoms with Crippen LogP contribution in [0.4, 0.5) is 0 Å². The fourth-order valence-corrected chi connectivity index (χ4v) is 5.37. The maximum atomic E-state index is 12.9. The van der Waals surface area contributed by atoms with Gasteiger partial charge in [-0.1, -0.05) is 11.6 Å². The van der Waals surface area contributed by atoms with Crippen molar-refractivity contribution in [2.24, 2.45) is 0 Å². The standard InChI is InChI=1S/C22H22ClN5O4S/c1-28-5-4-14-18(9-28)33-22(27-14)21(31)26-17-10-32-19(29)8-15(17)25-20(30)16-7-11-6-12(23)2-3-13(11)24-16/h2-3,6-7,15,17,24H,4-5,8-10H2,1H3,(H,25,30)(H,26,31)/t15-,17+/m1/s1. The second-order valence-electron chi connectivity index (χ2n) is 8.34. The molecule has 0 radical (unpaired) electrons. The zero-order valence-electron chi connectivity index (χ0n) is 17.8. The lowest BCUT2D eigenvalue weighted by Crippen LogP contribution is -2.57. The number of rotatable bonds is 4. The van der Waals surface area contributed by atoms with Crippen molar-refractivity contribution in [2.45, 2.75) is 31.5 Å². The lowest BCUT2D eigenvalue weighted by atomic mass is 10.0. The summed E-state index contributed by atoms with van der Waals surface area (Å²) in [6, 6.07) is 5.80.